The number of carbonyl (C=O) groups is 1. The maximum atomic E-state index is 12.5. The summed E-state index contributed by atoms with van der Waals surface area (Å²) in [5.74, 6) is 0.267. The molecule has 128 valence electrons. The number of nitrogens with two attached hydrogens (primary N) is 1. The van der Waals surface area contributed by atoms with Crippen molar-refractivity contribution in [2.75, 3.05) is 11.9 Å². The zero-order valence-corrected chi connectivity index (χ0v) is 12.6. The van der Waals surface area contributed by atoms with Gasteiger partial charge in [-0.25, -0.2) is 4.98 Å². The molecular weight excluding hydrogens is 323 g/mol. The molecule has 2 aromatic rings. The molecule has 2 rings (SSSR count). The number of halogens is 3. The summed E-state index contributed by atoms with van der Waals surface area (Å²) in [5.41, 5.74) is 5.07. The first kappa shape index (κ1) is 17.7. The minimum Gasteiger partial charge on any atom is -0.439 e. The van der Waals surface area contributed by atoms with Gasteiger partial charge in [-0.05, 0) is 43.3 Å². The molecule has 0 spiro atoms. The topological polar surface area (TPSA) is 77.2 Å². The molecule has 0 unspecified atom stereocenters. The summed E-state index contributed by atoms with van der Waals surface area (Å²) in [6.45, 7) is 0.436. The van der Waals surface area contributed by atoms with E-state index < -0.39 is 11.7 Å². The van der Waals surface area contributed by atoms with Crippen molar-refractivity contribution < 1.29 is 22.7 Å². The number of alkyl halides is 3. The number of benzene rings is 1. The van der Waals surface area contributed by atoms with Gasteiger partial charge in [0.2, 0.25) is 11.8 Å². The van der Waals surface area contributed by atoms with Gasteiger partial charge < -0.3 is 15.8 Å². The Labute approximate surface area is 136 Å². The number of hydrogen-bond acceptors (Lipinski definition) is 4. The number of pyridine rings is 1. The molecule has 0 bridgehead atoms. The molecule has 0 aliphatic rings. The van der Waals surface area contributed by atoms with Gasteiger partial charge >= 0.3 is 6.18 Å². The van der Waals surface area contributed by atoms with E-state index in [-0.39, 0.29) is 17.5 Å². The molecule has 1 heterocycles. The van der Waals surface area contributed by atoms with Crippen LogP contribution in [0.1, 0.15) is 18.4 Å². The molecular formula is C16H16F3N3O2. The van der Waals surface area contributed by atoms with Crippen LogP contribution in [-0.2, 0) is 11.0 Å². The number of nitrogens with zero attached hydrogens (tertiary/aromatic N) is 1. The number of ether oxygens (including phenoxy) is 1. The van der Waals surface area contributed by atoms with E-state index in [0.717, 1.165) is 12.1 Å². The van der Waals surface area contributed by atoms with Crippen LogP contribution in [0, 0.1) is 0 Å². The highest BCUT2D eigenvalue weighted by Gasteiger charge is 2.30. The van der Waals surface area contributed by atoms with Crippen LogP contribution in [0.3, 0.4) is 0 Å². The number of carbonyl (C=O) groups excluding carboxylic acids is 1. The summed E-state index contributed by atoms with van der Waals surface area (Å²) >= 11 is 0. The lowest BCUT2D eigenvalue weighted by atomic mass is 10.2. The lowest BCUT2D eigenvalue weighted by molar-refractivity contribution is -0.137. The third-order valence-corrected chi connectivity index (χ3v) is 3.03. The Morgan fingerprint density at radius 1 is 1.17 bits per heavy atom. The minimum absolute atomic E-state index is 0.168. The Bertz CT molecular complexity index is 670. The van der Waals surface area contributed by atoms with E-state index in [4.69, 9.17) is 10.5 Å². The van der Waals surface area contributed by atoms with Crippen LogP contribution in [0.15, 0.2) is 42.6 Å². The van der Waals surface area contributed by atoms with Gasteiger partial charge in [-0.15, -0.1) is 0 Å². The predicted octanol–water partition coefficient (Wildman–Crippen LogP) is 3.57. The number of anilines is 1. The van der Waals surface area contributed by atoms with Crippen molar-refractivity contribution in [2.24, 2.45) is 5.73 Å². The highest BCUT2D eigenvalue weighted by Crippen LogP contribution is 2.31. The first-order valence-electron chi connectivity index (χ1n) is 7.19. The minimum atomic E-state index is -4.39. The molecule has 0 radical (unpaired) electrons. The molecule has 0 saturated heterocycles. The molecule has 1 amide bonds. The number of hydrogen-bond donors (Lipinski definition) is 2. The quantitative estimate of drug-likeness (QED) is 0.843. The fourth-order valence-electron chi connectivity index (χ4n) is 1.83. The zero-order valence-electron chi connectivity index (χ0n) is 12.6. The second-order valence-corrected chi connectivity index (χ2v) is 4.95. The molecule has 8 heteroatoms. The first-order valence-corrected chi connectivity index (χ1v) is 7.19. The number of rotatable bonds is 6. The average molecular weight is 339 g/mol. The lowest BCUT2D eigenvalue weighted by Crippen LogP contribution is -2.13. The first-order chi connectivity index (χ1) is 11.4. The van der Waals surface area contributed by atoms with E-state index in [2.05, 4.69) is 10.3 Å². The number of amides is 1. The van der Waals surface area contributed by atoms with Crippen LogP contribution in [0.2, 0.25) is 0 Å². The molecule has 1 aromatic heterocycles. The summed E-state index contributed by atoms with van der Waals surface area (Å²) in [6, 6.07) is 7.39. The summed E-state index contributed by atoms with van der Waals surface area (Å²) < 4.78 is 42.8. The third-order valence-electron chi connectivity index (χ3n) is 3.03. The highest BCUT2D eigenvalue weighted by molar-refractivity contribution is 5.90. The van der Waals surface area contributed by atoms with Crippen LogP contribution in [0.5, 0.6) is 11.6 Å². The predicted molar refractivity (Wildman–Crippen MR) is 82.7 cm³/mol. The maximum absolute atomic E-state index is 12.5. The Hall–Kier alpha value is -2.61. The fraction of sp³-hybridized carbons (Fsp3) is 0.250. The second-order valence-electron chi connectivity index (χ2n) is 4.95. The van der Waals surface area contributed by atoms with Crippen molar-refractivity contribution in [1.29, 1.82) is 0 Å². The number of nitrogens with one attached hydrogen (secondary N) is 1. The van der Waals surface area contributed by atoms with Crippen molar-refractivity contribution in [3.63, 3.8) is 0 Å². The zero-order chi connectivity index (χ0) is 17.6. The van der Waals surface area contributed by atoms with Gasteiger partial charge in [0, 0.05) is 12.5 Å². The van der Waals surface area contributed by atoms with Crippen LogP contribution >= 0.6 is 0 Å². The smallest absolute Gasteiger partial charge is 0.416 e. The van der Waals surface area contributed by atoms with Gasteiger partial charge in [0.25, 0.3) is 0 Å². The average Bonchev–Trinajstić information content (AvgIpc) is 2.54. The van der Waals surface area contributed by atoms with Gasteiger partial charge in [0.1, 0.15) is 5.75 Å². The van der Waals surface area contributed by atoms with E-state index >= 15 is 0 Å². The molecule has 0 saturated carbocycles. The van der Waals surface area contributed by atoms with Gasteiger partial charge in [-0.1, -0.05) is 0 Å². The van der Waals surface area contributed by atoms with E-state index in [1.54, 1.807) is 6.07 Å². The van der Waals surface area contributed by atoms with E-state index in [1.165, 1.54) is 24.4 Å². The Morgan fingerprint density at radius 3 is 2.42 bits per heavy atom. The standard InChI is InChI=1S/C16H16F3N3O2/c17-16(18,19)11-3-6-13(7-4-11)24-15-8-5-12(10-21-15)22-14(23)2-1-9-20/h3-8,10H,1-2,9,20H2,(H,22,23). The van der Waals surface area contributed by atoms with Crippen LogP contribution in [0.4, 0.5) is 18.9 Å². The normalized spacial score (nSPS) is 11.2. The molecule has 0 fully saturated rings. The van der Waals surface area contributed by atoms with Gasteiger partial charge in [0.15, 0.2) is 0 Å². The molecule has 0 aliphatic heterocycles. The third kappa shape index (κ3) is 5.24. The van der Waals surface area contributed by atoms with Crippen molar-refractivity contribution >= 4 is 11.6 Å². The maximum Gasteiger partial charge on any atom is 0.416 e. The summed E-state index contributed by atoms with van der Waals surface area (Å²) in [6.07, 6.45) is -2.07. The van der Waals surface area contributed by atoms with Gasteiger partial charge in [-0.3, -0.25) is 4.79 Å². The summed E-state index contributed by atoms with van der Waals surface area (Å²) in [4.78, 5) is 15.5. The van der Waals surface area contributed by atoms with Crippen LogP contribution in [0.25, 0.3) is 0 Å². The highest BCUT2D eigenvalue weighted by atomic mass is 19.4. The lowest BCUT2D eigenvalue weighted by Gasteiger charge is -2.09. The molecule has 24 heavy (non-hydrogen) atoms. The molecule has 0 aliphatic carbocycles. The van der Waals surface area contributed by atoms with E-state index in [9.17, 15) is 18.0 Å². The fourth-order valence-corrected chi connectivity index (χ4v) is 1.83. The molecule has 5 nitrogen and oxygen atoms in total. The molecule has 3 N–H and O–H groups in total. The van der Waals surface area contributed by atoms with E-state index in [1.807, 2.05) is 0 Å². The number of aromatic nitrogens is 1. The monoisotopic (exact) mass is 339 g/mol. The summed E-state index contributed by atoms with van der Waals surface area (Å²) in [7, 11) is 0. The van der Waals surface area contributed by atoms with Crippen molar-refractivity contribution in [2.45, 2.75) is 19.0 Å². The largest absolute Gasteiger partial charge is 0.439 e. The second kappa shape index (κ2) is 7.78. The SMILES string of the molecule is NCCCC(=O)Nc1ccc(Oc2ccc(C(F)(F)F)cc2)nc1. The molecule has 1 aromatic carbocycles. The van der Waals surface area contributed by atoms with E-state index in [0.29, 0.717) is 25.1 Å². The molecule has 0 atom stereocenters. The van der Waals surface area contributed by atoms with Crippen LogP contribution < -0.4 is 15.8 Å². The Kier molecular flexibility index (Phi) is 5.75. The van der Waals surface area contributed by atoms with Crippen molar-refractivity contribution in [1.82, 2.24) is 4.98 Å². The van der Waals surface area contributed by atoms with Gasteiger partial charge in [-0.2, -0.15) is 13.2 Å². The van der Waals surface area contributed by atoms with Crippen LogP contribution in [-0.4, -0.2) is 17.4 Å². The Balaban J connectivity index is 1.95. The van der Waals surface area contributed by atoms with Gasteiger partial charge in [0.05, 0.1) is 17.4 Å². The van der Waals surface area contributed by atoms with Crippen molar-refractivity contribution in [3.05, 3.63) is 48.2 Å². The summed E-state index contributed by atoms with van der Waals surface area (Å²) in [5, 5.41) is 2.65. The van der Waals surface area contributed by atoms with Crippen molar-refractivity contribution in [3.8, 4) is 11.6 Å². The Morgan fingerprint density at radius 2 is 1.88 bits per heavy atom.